The lowest BCUT2D eigenvalue weighted by atomic mass is 10.3. The molecule has 58 valence electrons. The van der Waals surface area contributed by atoms with E-state index in [1.807, 2.05) is 13.0 Å². The fourth-order valence-electron chi connectivity index (χ4n) is 0.803. The van der Waals surface area contributed by atoms with Crippen LogP contribution in [0.15, 0.2) is 23.9 Å². The van der Waals surface area contributed by atoms with Crippen molar-refractivity contribution in [2.45, 2.75) is 27.2 Å². The molecule has 0 aliphatic carbocycles. The molecule has 0 aliphatic rings. The molecule has 1 N–H and O–H groups in total. The summed E-state index contributed by atoms with van der Waals surface area (Å²) < 4.78 is 0. The first kappa shape index (κ1) is 9.28. The Kier molecular flexibility index (Phi) is 5.94. The van der Waals surface area contributed by atoms with Gasteiger partial charge in [-0.15, -0.1) is 0 Å². The van der Waals surface area contributed by atoms with Gasteiger partial charge in [-0.1, -0.05) is 19.1 Å². The highest BCUT2D eigenvalue weighted by atomic mass is 14.9. The van der Waals surface area contributed by atoms with Gasteiger partial charge in [0.1, 0.15) is 0 Å². The van der Waals surface area contributed by atoms with Crippen LogP contribution in [0.3, 0.4) is 0 Å². The number of hydrogen-bond acceptors (Lipinski definition) is 1. The van der Waals surface area contributed by atoms with Crippen LogP contribution in [0.1, 0.15) is 27.2 Å². The average molecular weight is 139 g/mol. The van der Waals surface area contributed by atoms with E-state index in [2.05, 4.69) is 31.3 Å². The molecule has 0 aromatic carbocycles. The van der Waals surface area contributed by atoms with Crippen LogP contribution < -0.4 is 5.32 Å². The third-order valence-electron chi connectivity index (χ3n) is 1.15. The van der Waals surface area contributed by atoms with Gasteiger partial charge < -0.3 is 5.32 Å². The molecule has 0 aliphatic heterocycles. The van der Waals surface area contributed by atoms with Crippen LogP contribution in [0.25, 0.3) is 0 Å². The van der Waals surface area contributed by atoms with Gasteiger partial charge in [0.2, 0.25) is 0 Å². The van der Waals surface area contributed by atoms with Crippen LogP contribution >= 0.6 is 0 Å². The van der Waals surface area contributed by atoms with E-state index in [9.17, 15) is 0 Å². The first-order valence-corrected chi connectivity index (χ1v) is 3.91. The second-order valence-corrected chi connectivity index (χ2v) is 2.10. The molecular weight excluding hydrogens is 122 g/mol. The lowest BCUT2D eigenvalue weighted by molar-refractivity contribution is 0.869. The molecule has 0 atom stereocenters. The SMILES string of the molecule is C/C=C\C(=C/CC)NCC. The molecule has 0 fully saturated rings. The predicted molar refractivity (Wildman–Crippen MR) is 46.9 cm³/mol. The van der Waals surface area contributed by atoms with Crippen molar-refractivity contribution in [2.24, 2.45) is 0 Å². The maximum atomic E-state index is 3.26. The van der Waals surface area contributed by atoms with Gasteiger partial charge in [-0.2, -0.15) is 0 Å². The summed E-state index contributed by atoms with van der Waals surface area (Å²) in [6.07, 6.45) is 7.41. The molecule has 0 unspecified atom stereocenters. The topological polar surface area (TPSA) is 12.0 Å². The minimum Gasteiger partial charge on any atom is -0.386 e. The zero-order valence-electron chi connectivity index (χ0n) is 7.15. The summed E-state index contributed by atoms with van der Waals surface area (Å²) in [5.41, 5.74) is 1.23. The van der Waals surface area contributed by atoms with Gasteiger partial charge in [0.25, 0.3) is 0 Å². The second kappa shape index (κ2) is 6.40. The van der Waals surface area contributed by atoms with Crippen molar-refractivity contribution >= 4 is 0 Å². The Hall–Kier alpha value is -0.720. The Bertz CT molecular complexity index is 123. The third-order valence-corrected chi connectivity index (χ3v) is 1.15. The third kappa shape index (κ3) is 4.19. The largest absolute Gasteiger partial charge is 0.386 e. The minimum atomic E-state index is 0.996. The summed E-state index contributed by atoms with van der Waals surface area (Å²) in [5, 5.41) is 3.26. The molecular formula is C9H17N. The second-order valence-electron chi connectivity index (χ2n) is 2.10. The molecule has 1 heteroatoms. The molecule has 0 bridgehead atoms. The van der Waals surface area contributed by atoms with Gasteiger partial charge in [-0.3, -0.25) is 0 Å². The standard InChI is InChI=1S/C9H17N/c1-4-7-9(8-5-2)10-6-3/h4,7-8,10H,5-6H2,1-3H3/b7-4-,9-8+. The van der Waals surface area contributed by atoms with Crippen molar-refractivity contribution in [3.8, 4) is 0 Å². The van der Waals surface area contributed by atoms with E-state index >= 15 is 0 Å². The van der Waals surface area contributed by atoms with E-state index in [4.69, 9.17) is 0 Å². The summed E-state index contributed by atoms with van der Waals surface area (Å²) in [5.74, 6) is 0. The minimum absolute atomic E-state index is 0.996. The highest BCUT2D eigenvalue weighted by molar-refractivity contribution is 5.15. The molecule has 1 nitrogen and oxygen atoms in total. The molecule has 0 heterocycles. The number of hydrogen-bond donors (Lipinski definition) is 1. The molecule has 0 amide bonds. The van der Waals surface area contributed by atoms with Crippen molar-refractivity contribution in [2.75, 3.05) is 6.54 Å². The van der Waals surface area contributed by atoms with Crippen LogP contribution in [0.5, 0.6) is 0 Å². The van der Waals surface area contributed by atoms with E-state index in [0.717, 1.165) is 13.0 Å². The molecule has 0 saturated carbocycles. The Labute approximate surface area is 63.8 Å². The van der Waals surface area contributed by atoms with Gasteiger partial charge in [-0.25, -0.2) is 0 Å². The summed E-state index contributed by atoms with van der Waals surface area (Å²) >= 11 is 0. The van der Waals surface area contributed by atoms with E-state index in [0.29, 0.717) is 0 Å². The quantitative estimate of drug-likeness (QED) is 0.590. The van der Waals surface area contributed by atoms with E-state index < -0.39 is 0 Å². The Morgan fingerprint density at radius 1 is 1.40 bits per heavy atom. The predicted octanol–water partition coefficient (Wildman–Crippen LogP) is 2.47. The highest BCUT2D eigenvalue weighted by Gasteiger charge is 1.83. The summed E-state index contributed by atoms with van der Waals surface area (Å²) in [4.78, 5) is 0. The van der Waals surface area contributed by atoms with Crippen LogP contribution in [-0.4, -0.2) is 6.54 Å². The number of rotatable bonds is 4. The zero-order chi connectivity index (χ0) is 7.82. The van der Waals surface area contributed by atoms with Gasteiger partial charge >= 0.3 is 0 Å². The summed E-state index contributed by atoms with van der Waals surface area (Å²) in [7, 11) is 0. The molecule has 0 spiro atoms. The lowest BCUT2D eigenvalue weighted by Crippen LogP contribution is -2.09. The first-order chi connectivity index (χ1) is 4.85. The molecule has 0 aromatic heterocycles. The monoisotopic (exact) mass is 139 g/mol. The summed E-state index contributed by atoms with van der Waals surface area (Å²) in [6, 6.07) is 0. The van der Waals surface area contributed by atoms with Crippen molar-refractivity contribution < 1.29 is 0 Å². The van der Waals surface area contributed by atoms with Crippen LogP contribution in [0.4, 0.5) is 0 Å². The molecule has 0 radical (unpaired) electrons. The Balaban J connectivity index is 3.84. The summed E-state index contributed by atoms with van der Waals surface area (Å²) in [6.45, 7) is 7.27. The Morgan fingerprint density at radius 2 is 2.10 bits per heavy atom. The van der Waals surface area contributed by atoms with Gasteiger partial charge in [0.05, 0.1) is 0 Å². The zero-order valence-corrected chi connectivity index (χ0v) is 7.15. The van der Waals surface area contributed by atoms with E-state index in [1.54, 1.807) is 0 Å². The van der Waals surface area contributed by atoms with Crippen molar-refractivity contribution in [3.05, 3.63) is 23.9 Å². The maximum absolute atomic E-state index is 3.26. The number of allylic oxidation sites excluding steroid dienone is 3. The van der Waals surface area contributed by atoms with Crippen LogP contribution in [0, 0.1) is 0 Å². The smallest absolute Gasteiger partial charge is 0.0296 e. The molecule has 0 saturated heterocycles. The molecule has 0 rings (SSSR count). The van der Waals surface area contributed by atoms with Crippen LogP contribution in [-0.2, 0) is 0 Å². The van der Waals surface area contributed by atoms with Gasteiger partial charge in [-0.05, 0) is 26.3 Å². The number of nitrogens with one attached hydrogen (secondary N) is 1. The van der Waals surface area contributed by atoms with Gasteiger partial charge in [0, 0.05) is 12.2 Å². The highest BCUT2D eigenvalue weighted by Crippen LogP contribution is 1.93. The number of likely N-dealkylation sites (N-methyl/N-ethyl adjacent to an activating group) is 1. The van der Waals surface area contributed by atoms with E-state index in [-0.39, 0.29) is 0 Å². The van der Waals surface area contributed by atoms with Crippen molar-refractivity contribution in [1.29, 1.82) is 0 Å². The van der Waals surface area contributed by atoms with Crippen LogP contribution in [0.2, 0.25) is 0 Å². The fraction of sp³-hybridized carbons (Fsp3) is 0.556. The molecule has 10 heavy (non-hydrogen) atoms. The Morgan fingerprint density at radius 3 is 2.50 bits per heavy atom. The maximum Gasteiger partial charge on any atom is 0.0296 e. The first-order valence-electron chi connectivity index (χ1n) is 3.91. The van der Waals surface area contributed by atoms with Gasteiger partial charge in [0.15, 0.2) is 0 Å². The lowest BCUT2D eigenvalue weighted by Gasteiger charge is -2.01. The fourth-order valence-corrected chi connectivity index (χ4v) is 0.803. The van der Waals surface area contributed by atoms with Crippen molar-refractivity contribution in [3.63, 3.8) is 0 Å². The molecule has 0 aromatic rings. The van der Waals surface area contributed by atoms with E-state index in [1.165, 1.54) is 5.70 Å². The normalized spacial score (nSPS) is 12.5. The van der Waals surface area contributed by atoms with Crippen molar-refractivity contribution in [1.82, 2.24) is 5.32 Å². The average Bonchev–Trinajstić information content (AvgIpc) is 1.90.